The maximum absolute atomic E-state index is 11.9. The predicted octanol–water partition coefficient (Wildman–Crippen LogP) is 8.93. The van der Waals surface area contributed by atoms with Crippen LogP contribution in [0.2, 0.25) is 0 Å². The van der Waals surface area contributed by atoms with Crippen LogP contribution in [-0.2, 0) is 42.8 Å². The van der Waals surface area contributed by atoms with E-state index in [1.807, 2.05) is 6.07 Å². The molecule has 12 nitrogen and oxygen atoms in total. The Hall–Kier alpha value is -2.03. The highest BCUT2D eigenvalue weighted by Gasteiger charge is 2.09. The molecule has 0 bridgehead atoms. The summed E-state index contributed by atoms with van der Waals surface area (Å²) in [4.78, 5) is 16.5. The molecule has 0 saturated carbocycles. The minimum atomic E-state index is -0.167. The monoisotopic (exact) mass is 787 g/mol. The van der Waals surface area contributed by atoms with Crippen LogP contribution in [0.3, 0.4) is 0 Å². The Labute approximate surface area is 333 Å². The SMILES string of the molecule is COCCOCCOCCOC(=O)CCCCCCCCCCOc1cc(C)ccc1OCCCCCCCCCCC(CCOCCOCCOC)OO. The van der Waals surface area contributed by atoms with Gasteiger partial charge >= 0.3 is 5.97 Å². The second kappa shape index (κ2) is 40.2. The molecular weight excluding hydrogens is 708 g/mol. The van der Waals surface area contributed by atoms with Crippen LogP contribution in [0.15, 0.2) is 18.2 Å². The normalized spacial score (nSPS) is 11.9. The lowest BCUT2D eigenvalue weighted by molar-refractivity contribution is -0.282. The molecule has 0 aliphatic carbocycles. The van der Waals surface area contributed by atoms with Crippen molar-refractivity contribution in [3.8, 4) is 11.5 Å². The summed E-state index contributed by atoms with van der Waals surface area (Å²) < 4.78 is 49.0. The first-order chi connectivity index (χ1) is 27.1. The van der Waals surface area contributed by atoms with Crippen molar-refractivity contribution in [2.75, 3.05) is 100 Å². The molecule has 0 spiro atoms. The summed E-state index contributed by atoms with van der Waals surface area (Å²) in [5, 5.41) is 9.19. The molecule has 0 radical (unpaired) electrons. The Morgan fingerprint density at radius 3 is 1.51 bits per heavy atom. The van der Waals surface area contributed by atoms with Gasteiger partial charge in [-0.1, -0.05) is 89.5 Å². The Kier molecular flexibility index (Phi) is 37.2. The molecule has 0 saturated heterocycles. The highest BCUT2D eigenvalue weighted by atomic mass is 17.1. The third-order valence-corrected chi connectivity index (χ3v) is 9.14. The Morgan fingerprint density at radius 2 is 0.964 bits per heavy atom. The van der Waals surface area contributed by atoms with Gasteiger partial charge in [-0.05, 0) is 50.3 Å². The average molecular weight is 787 g/mol. The van der Waals surface area contributed by atoms with Crippen molar-refractivity contribution >= 4 is 5.97 Å². The number of hydrogen-bond acceptors (Lipinski definition) is 12. The van der Waals surface area contributed by atoms with E-state index in [1.54, 1.807) is 14.2 Å². The van der Waals surface area contributed by atoms with E-state index in [4.69, 9.17) is 42.6 Å². The molecule has 0 fully saturated rings. The summed E-state index contributed by atoms with van der Waals surface area (Å²) in [7, 11) is 3.29. The topological polar surface area (TPSA) is 130 Å². The molecule has 1 N–H and O–H groups in total. The van der Waals surface area contributed by atoms with Gasteiger partial charge in [0.2, 0.25) is 0 Å². The minimum Gasteiger partial charge on any atom is -0.490 e. The van der Waals surface area contributed by atoms with Gasteiger partial charge in [-0.2, -0.15) is 0 Å². The molecule has 1 aromatic carbocycles. The van der Waals surface area contributed by atoms with Crippen molar-refractivity contribution < 1.29 is 57.6 Å². The van der Waals surface area contributed by atoms with Crippen molar-refractivity contribution in [3.63, 3.8) is 0 Å². The summed E-state index contributed by atoms with van der Waals surface area (Å²) in [5.74, 6) is 1.54. The molecule has 0 aliphatic heterocycles. The van der Waals surface area contributed by atoms with E-state index < -0.39 is 0 Å². The van der Waals surface area contributed by atoms with Crippen LogP contribution >= 0.6 is 0 Å². The zero-order valence-corrected chi connectivity index (χ0v) is 34.9. The molecule has 1 aromatic rings. The minimum absolute atomic E-state index is 0.145. The molecule has 0 aliphatic rings. The first-order valence-corrected chi connectivity index (χ1v) is 21.2. The third-order valence-electron chi connectivity index (χ3n) is 9.14. The van der Waals surface area contributed by atoms with Crippen molar-refractivity contribution in [2.45, 2.75) is 135 Å². The number of esters is 1. The maximum Gasteiger partial charge on any atom is 0.305 e. The van der Waals surface area contributed by atoms with Crippen LogP contribution in [-0.4, -0.2) is 117 Å². The third kappa shape index (κ3) is 33.8. The van der Waals surface area contributed by atoms with Crippen LogP contribution in [0.5, 0.6) is 11.5 Å². The van der Waals surface area contributed by atoms with E-state index in [2.05, 4.69) is 23.9 Å². The lowest BCUT2D eigenvalue weighted by atomic mass is 10.0. The molecule has 322 valence electrons. The zero-order chi connectivity index (χ0) is 39.7. The highest BCUT2D eigenvalue weighted by molar-refractivity contribution is 5.69. The zero-order valence-electron chi connectivity index (χ0n) is 34.9. The lowest BCUT2D eigenvalue weighted by Gasteiger charge is -2.14. The first-order valence-electron chi connectivity index (χ1n) is 21.2. The molecule has 1 atom stereocenters. The Bertz CT molecular complexity index is 966. The van der Waals surface area contributed by atoms with Crippen molar-refractivity contribution in [2.24, 2.45) is 0 Å². The maximum atomic E-state index is 11.9. The summed E-state index contributed by atoms with van der Waals surface area (Å²) >= 11 is 0. The van der Waals surface area contributed by atoms with Crippen LogP contribution in [0, 0.1) is 6.92 Å². The second-order valence-corrected chi connectivity index (χ2v) is 14.0. The fourth-order valence-electron chi connectivity index (χ4n) is 5.86. The number of ether oxygens (including phenoxy) is 9. The van der Waals surface area contributed by atoms with Crippen molar-refractivity contribution in [1.82, 2.24) is 0 Å². The van der Waals surface area contributed by atoms with Gasteiger partial charge in [0.05, 0.1) is 78.8 Å². The summed E-state index contributed by atoms with van der Waals surface area (Å²) in [6, 6.07) is 6.19. The average Bonchev–Trinajstić information content (AvgIpc) is 3.19. The van der Waals surface area contributed by atoms with Crippen LogP contribution in [0.25, 0.3) is 0 Å². The smallest absolute Gasteiger partial charge is 0.305 e. The molecular formula is C43H78O12. The predicted molar refractivity (Wildman–Crippen MR) is 215 cm³/mol. The molecule has 1 rings (SSSR count). The first kappa shape index (κ1) is 51.0. The summed E-state index contributed by atoms with van der Waals surface area (Å²) in [6.45, 7) is 9.10. The summed E-state index contributed by atoms with van der Waals surface area (Å²) in [5.41, 5.74) is 1.17. The van der Waals surface area contributed by atoms with E-state index >= 15 is 0 Å². The van der Waals surface area contributed by atoms with Gasteiger partial charge in [0.15, 0.2) is 11.5 Å². The largest absolute Gasteiger partial charge is 0.490 e. The highest BCUT2D eigenvalue weighted by Crippen LogP contribution is 2.29. The quantitative estimate of drug-likeness (QED) is 0.0294. The van der Waals surface area contributed by atoms with Gasteiger partial charge in [0.25, 0.3) is 0 Å². The van der Waals surface area contributed by atoms with Gasteiger partial charge < -0.3 is 42.6 Å². The fourth-order valence-corrected chi connectivity index (χ4v) is 5.86. The van der Waals surface area contributed by atoms with Gasteiger partial charge in [0.1, 0.15) is 6.61 Å². The molecule has 12 heteroatoms. The molecule has 0 heterocycles. The second-order valence-electron chi connectivity index (χ2n) is 14.0. The number of carbonyl (C=O) groups excluding carboxylic acids is 1. The lowest BCUT2D eigenvalue weighted by Crippen LogP contribution is -2.15. The van der Waals surface area contributed by atoms with Crippen molar-refractivity contribution in [1.29, 1.82) is 0 Å². The van der Waals surface area contributed by atoms with Crippen LogP contribution < -0.4 is 9.47 Å². The van der Waals surface area contributed by atoms with Crippen molar-refractivity contribution in [3.05, 3.63) is 23.8 Å². The number of aryl methyl sites for hydroxylation is 1. The van der Waals surface area contributed by atoms with Crippen LogP contribution in [0.4, 0.5) is 0 Å². The van der Waals surface area contributed by atoms with E-state index in [0.29, 0.717) is 98.7 Å². The van der Waals surface area contributed by atoms with Gasteiger partial charge in [-0.3, -0.25) is 10.1 Å². The number of carbonyl (C=O) groups is 1. The summed E-state index contributed by atoms with van der Waals surface area (Å²) in [6.07, 6.45) is 20.0. The number of benzene rings is 1. The van der Waals surface area contributed by atoms with Gasteiger partial charge in [-0.25, -0.2) is 4.89 Å². The van der Waals surface area contributed by atoms with Gasteiger partial charge in [0, 0.05) is 33.7 Å². The molecule has 55 heavy (non-hydrogen) atoms. The van der Waals surface area contributed by atoms with Crippen LogP contribution in [0.1, 0.15) is 128 Å². The van der Waals surface area contributed by atoms with E-state index in [1.165, 1.54) is 50.5 Å². The Balaban J connectivity index is 1.96. The van der Waals surface area contributed by atoms with E-state index in [0.717, 1.165) is 75.7 Å². The Morgan fingerprint density at radius 1 is 0.509 bits per heavy atom. The number of rotatable bonds is 43. The van der Waals surface area contributed by atoms with E-state index in [-0.39, 0.29) is 12.1 Å². The number of unbranched alkanes of at least 4 members (excludes halogenated alkanes) is 14. The number of hydrogen-bond donors (Lipinski definition) is 1. The standard InChI is InChI=1S/C43H78O12/c1-39-22-23-41(52-25-18-14-10-6-4-8-12-16-20-40(55-45)24-27-48-32-33-49-30-28-46-2)42(38-39)53-26-19-15-11-7-5-9-13-17-21-43(44)54-37-36-51-35-34-50-31-29-47-3/h22-23,38,40,45H,4-21,24-37H2,1-3H3. The fraction of sp³-hybridized carbons (Fsp3) is 0.837. The molecule has 1 unspecified atom stereocenters. The molecule has 0 amide bonds. The van der Waals surface area contributed by atoms with Gasteiger partial charge in [-0.15, -0.1) is 0 Å². The van der Waals surface area contributed by atoms with E-state index in [9.17, 15) is 10.1 Å². The molecule has 0 aromatic heterocycles. The number of methoxy groups -OCH3 is 2.